The largest absolute Gasteiger partial charge is 0.368 e. The SMILES string of the molecule is CNCCCC(=O)N1CCN(c2ccc(F)cc2)CC1.Cl.Cl. The van der Waals surface area contributed by atoms with Crippen LogP contribution in [0.25, 0.3) is 0 Å². The minimum absolute atomic E-state index is 0. The highest BCUT2D eigenvalue weighted by molar-refractivity contribution is 5.85. The van der Waals surface area contributed by atoms with Crippen molar-refractivity contribution in [3.8, 4) is 0 Å². The molecule has 0 bridgehead atoms. The number of hydrogen-bond donors (Lipinski definition) is 1. The van der Waals surface area contributed by atoms with E-state index in [4.69, 9.17) is 0 Å². The van der Waals surface area contributed by atoms with Gasteiger partial charge in [-0.1, -0.05) is 0 Å². The molecule has 22 heavy (non-hydrogen) atoms. The van der Waals surface area contributed by atoms with Crippen molar-refractivity contribution in [3.63, 3.8) is 0 Å². The smallest absolute Gasteiger partial charge is 0.222 e. The number of nitrogens with one attached hydrogen (secondary N) is 1. The van der Waals surface area contributed by atoms with E-state index in [0.717, 1.165) is 44.8 Å². The van der Waals surface area contributed by atoms with Gasteiger partial charge < -0.3 is 15.1 Å². The van der Waals surface area contributed by atoms with Crippen LogP contribution in [0.3, 0.4) is 0 Å². The minimum atomic E-state index is -0.216. The summed E-state index contributed by atoms with van der Waals surface area (Å²) in [6.45, 7) is 3.99. The summed E-state index contributed by atoms with van der Waals surface area (Å²) in [5.74, 6) is 0.0195. The van der Waals surface area contributed by atoms with E-state index in [0.29, 0.717) is 6.42 Å². The minimum Gasteiger partial charge on any atom is -0.368 e. The number of hydrogen-bond acceptors (Lipinski definition) is 3. The van der Waals surface area contributed by atoms with Crippen molar-refractivity contribution in [3.05, 3.63) is 30.1 Å². The van der Waals surface area contributed by atoms with Crippen LogP contribution in [0.1, 0.15) is 12.8 Å². The molecule has 1 fully saturated rings. The van der Waals surface area contributed by atoms with Gasteiger partial charge in [0.2, 0.25) is 5.91 Å². The number of piperazine rings is 1. The predicted octanol–water partition coefficient (Wildman–Crippen LogP) is 2.32. The molecule has 7 heteroatoms. The molecule has 0 atom stereocenters. The molecule has 0 unspecified atom stereocenters. The maximum Gasteiger partial charge on any atom is 0.222 e. The molecule has 1 heterocycles. The topological polar surface area (TPSA) is 35.6 Å². The molecule has 0 radical (unpaired) electrons. The van der Waals surface area contributed by atoms with E-state index in [9.17, 15) is 9.18 Å². The van der Waals surface area contributed by atoms with Gasteiger partial charge in [-0.3, -0.25) is 4.79 Å². The molecule has 1 aliphatic rings. The van der Waals surface area contributed by atoms with Crippen molar-refractivity contribution < 1.29 is 9.18 Å². The second-order valence-electron chi connectivity index (χ2n) is 5.05. The fourth-order valence-corrected chi connectivity index (χ4v) is 2.44. The van der Waals surface area contributed by atoms with Gasteiger partial charge in [-0.15, -0.1) is 24.8 Å². The van der Waals surface area contributed by atoms with Gasteiger partial charge in [0.1, 0.15) is 5.82 Å². The second-order valence-corrected chi connectivity index (χ2v) is 5.05. The van der Waals surface area contributed by atoms with Crippen molar-refractivity contribution in [2.45, 2.75) is 12.8 Å². The highest BCUT2D eigenvalue weighted by Gasteiger charge is 2.20. The Bertz CT molecular complexity index is 437. The Morgan fingerprint density at radius 3 is 2.27 bits per heavy atom. The number of carbonyl (C=O) groups is 1. The van der Waals surface area contributed by atoms with E-state index in [2.05, 4.69) is 10.2 Å². The Balaban J connectivity index is 0.00000220. The molecule has 1 aliphatic heterocycles. The molecule has 1 amide bonds. The van der Waals surface area contributed by atoms with E-state index in [1.165, 1.54) is 12.1 Å². The number of carbonyl (C=O) groups excluding carboxylic acids is 1. The van der Waals surface area contributed by atoms with E-state index in [-0.39, 0.29) is 36.5 Å². The third-order valence-electron chi connectivity index (χ3n) is 3.64. The van der Waals surface area contributed by atoms with E-state index >= 15 is 0 Å². The Labute approximate surface area is 143 Å². The summed E-state index contributed by atoms with van der Waals surface area (Å²) < 4.78 is 12.9. The van der Waals surface area contributed by atoms with Crippen LogP contribution in [0, 0.1) is 5.82 Å². The molecule has 0 spiro atoms. The molecule has 4 nitrogen and oxygen atoms in total. The zero-order valence-corrected chi connectivity index (χ0v) is 14.4. The van der Waals surface area contributed by atoms with Crippen LogP contribution in [0.4, 0.5) is 10.1 Å². The summed E-state index contributed by atoms with van der Waals surface area (Å²) in [5.41, 5.74) is 1.02. The first-order valence-corrected chi connectivity index (χ1v) is 7.13. The van der Waals surface area contributed by atoms with E-state index in [1.807, 2.05) is 11.9 Å². The lowest BCUT2D eigenvalue weighted by Crippen LogP contribution is -2.48. The number of rotatable bonds is 5. The van der Waals surface area contributed by atoms with Gasteiger partial charge in [0.25, 0.3) is 0 Å². The van der Waals surface area contributed by atoms with Crippen molar-refractivity contribution in [1.82, 2.24) is 10.2 Å². The summed E-state index contributed by atoms with van der Waals surface area (Å²) in [7, 11) is 1.89. The molecule has 1 saturated heterocycles. The maximum absolute atomic E-state index is 12.9. The predicted molar refractivity (Wildman–Crippen MR) is 92.8 cm³/mol. The third kappa shape index (κ3) is 5.99. The van der Waals surface area contributed by atoms with Gasteiger partial charge in [-0.2, -0.15) is 0 Å². The summed E-state index contributed by atoms with van der Waals surface area (Å²) in [6, 6.07) is 6.54. The third-order valence-corrected chi connectivity index (χ3v) is 3.64. The molecule has 2 rings (SSSR count). The first-order chi connectivity index (χ1) is 9.70. The summed E-state index contributed by atoms with van der Waals surface area (Å²) >= 11 is 0. The Morgan fingerprint density at radius 2 is 1.73 bits per heavy atom. The average molecular weight is 352 g/mol. The summed E-state index contributed by atoms with van der Waals surface area (Å²) in [5, 5.41) is 3.05. The lowest BCUT2D eigenvalue weighted by molar-refractivity contribution is -0.131. The van der Waals surface area contributed by atoms with Crippen molar-refractivity contribution >= 4 is 36.4 Å². The van der Waals surface area contributed by atoms with Gasteiger partial charge >= 0.3 is 0 Å². The number of anilines is 1. The number of amides is 1. The zero-order chi connectivity index (χ0) is 14.4. The fraction of sp³-hybridized carbons (Fsp3) is 0.533. The van der Waals surface area contributed by atoms with Crippen LogP contribution in [0.2, 0.25) is 0 Å². The molecule has 1 aromatic rings. The molecule has 1 aromatic carbocycles. The van der Waals surface area contributed by atoms with Gasteiger partial charge in [0.15, 0.2) is 0 Å². The first-order valence-electron chi connectivity index (χ1n) is 7.13. The zero-order valence-electron chi connectivity index (χ0n) is 12.8. The molecule has 0 aromatic heterocycles. The van der Waals surface area contributed by atoms with Crippen LogP contribution in [-0.4, -0.2) is 50.6 Å². The first kappa shape index (κ1) is 21.0. The van der Waals surface area contributed by atoms with Gasteiger partial charge in [-0.05, 0) is 44.3 Å². The summed E-state index contributed by atoms with van der Waals surface area (Å²) in [6.07, 6.45) is 1.49. The average Bonchev–Trinajstić information content (AvgIpc) is 2.48. The molecular weight excluding hydrogens is 328 g/mol. The molecule has 0 saturated carbocycles. The van der Waals surface area contributed by atoms with Crippen LogP contribution in [0.5, 0.6) is 0 Å². The van der Waals surface area contributed by atoms with Crippen LogP contribution >= 0.6 is 24.8 Å². The Kier molecular flexibility index (Phi) is 10.1. The molecule has 1 N–H and O–H groups in total. The van der Waals surface area contributed by atoms with Crippen molar-refractivity contribution in [2.24, 2.45) is 0 Å². The lowest BCUT2D eigenvalue weighted by atomic mass is 10.2. The van der Waals surface area contributed by atoms with E-state index in [1.54, 1.807) is 12.1 Å². The van der Waals surface area contributed by atoms with Gasteiger partial charge in [0, 0.05) is 38.3 Å². The van der Waals surface area contributed by atoms with E-state index < -0.39 is 0 Å². The normalized spacial score (nSPS) is 14.1. The Hall–Kier alpha value is -1.04. The molecule has 0 aliphatic carbocycles. The second kappa shape index (κ2) is 10.6. The lowest BCUT2D eigenvalue weighted by Gasteiger charge is -2.36. The maximum atomic E-state index is 12.9. The Morgan fingerprint density at radius 1 is 1.14 bits per heavy atom. The number of halogens is 3. The van der Waals surface area contributed by atoms with Crippen molar-refractivity contribution in [1.29, 1.82) is 0 Å². The van der Waals surface area contributed by atoms with Crippen LogP contribution in [-0.2, 0) is 4.79 Å². The number of benzene rings is 1. The molecule has 126 valence electrons. The fourth-order valence-electron chi connectivity index (χ4n) is 2.44. The quantitative estimate of drug-likeness (QED) is 0.827. The van der Waals surface area contributed by atoms with Crippen molar-refractivity contribution in [2.75, 3.05) is 44.7 Å². The molecular formula is C15H24Cl2FN3O. The van der Waals surface area contributed by atoms with Gasteiger partial charge in [-0.25, -0.2) is 4.39 Å². The summed E-state index contributed by atoms with van der Waals surface area (Å²) in [4.78, 5) is 16.1. The highest BCUT2D eigenvalue weighted by atomic mass is 35.5. The highest BCUT2D eigenvalue weighted by Crippen LogP contribution is 2.17. The monoisotopic (exact) mass is 351 g/mol. The van der Waals surface area contributed by atoms with Crippen LogP contribution < -0.4 is 10.2 Å². The van der Waals surface area contributed by atoms with Gasteiger partial charge in [0.05, 0.1) is 0 Å². The van der Waals surface area contributed by atoms with Crippen LogP contribution in [0.15, 0.2) is 24.3 Å². The number of nitrogens with zero attached hydrogens (tertiary/aromatic N) is 2. The standard InChI is InChI=1S/C15H22FN3O.2ClH/c1-17-8-2-3-15(20)19-11-9-18(10-12-19)14-6-4-13(16)5-7-14;;/h4-7,17H,2-3,8-12H2,1H3;2*1H.